The summed E-state index contributed by atoms with van der Waals surface area (Å²) in [7, 11) is -1.50. The quantitative estimate of drug-likeness (QED) is 0.494. The fourth-order valence-electron chi connectivity index (χ4n) is 2.84. The van der Waals surface area contributed by atoms with Gasteiger partial charge in [-0.2, -0.15) is 0 Å². The van der Waals surface area contributed by atoms with E-state index in [4.69, 9.17) is 9.15 Å². The van der Waals surface area contributed by atoms with Gasteiger partial charge >= 0.3 is 12.4 Å². The van der Waals surface area contributed by atoms with Crippen LogP contribution in [-0.2, 0) is 4.74 Å². The normalized spacial score (nSPS) is 19.9. The predicted molar refractivity (Wildman–Crippen MR) is 100 cm³/mol. The Kier molecular flexibility index (Phi) is 6.92. The molecule has 13 heteroatoms. The molecule has 0 radical (unpaired) electrons. The summed E-state index contributed by atoms with van der Waals surface area (Å²) in [6, 6.07) is 2.57. The van der Waals surface area contributed by atoms with E-state index < -0.39 is 21.9 Å². The molecule has 0 bridgehead atoms. The molecule has 1 aliphatic rings. The van der Waals surface area contributed by atoms with E-state index >= 15 is 0 Å². The minimum Gasteiger partial charge on any atom is -0.447 e. The van der Waals surface area contributed by atoms with Gasteiger partial charge in [0.25, 0.3) is 5.91 Å². The highest BCUT2D eigenvalue weighted by Gasteiger charge is 2.30. The number of rotatable bonds is 7. The standard InChI is InChI=1S/C16H21F3N4O4SSi/c1-9-7-12(28-10(9)2)13(24)23-29-6-3-11(20-8-29)14-21-22-15(27-14)25-4-5-26-16(17,18)19/h7,11,20,29H,3-6,8H2,1-2H3,(H,23,24)/t11-,29+/m1/s1. The molecule has 0 spiro atoms. The van der Waals surface area contributed by atoms with Crippen molar-refractivity contribution in [2.75, 3.05) is 19.4 Å². The van der Waals surface area contributed by atoms with Crippen molar-refractivity contribution < 1.29 is 31.9 Å². The highest BCUT2D eigenvalue weighted by molar-refractivity contribution is 7.14. The van der Waals surface area contributed by atoms with Crippen molar-refractivity contribution >= 4 is 26.2 Å². The van der Waals surface area contributed by atoms with E-state index in [9.17, 15) is 18.0 Å². The lowest BCUT2D eigenvalue weighted by atomic mass is 10.2. The zero-order valence-electron chi connectivity index (χ0n) is 15.8. The Balaban J connectivity index is 1.42. The summed E-state index contributed by atoms with van der Waals surface area (Å²) in [4.78, 5) is 17.4. The van der Waals surface area contributed by atoms with E-state index in [1.807, 2.05) is 19.9 Å². The molecule has 0 unspecified atom stereocenters. The van der Waals surface area contributed by atoms with Gasteiger partial charge in [0, 0.05) is 11.0 Å². The summed E-state index contributed by atoms with van der Waals surface area (Å²) in [5, 5.41) is 10.8. The number of alkyl halides is 3. The fourth-order valence-corrected chi connectivity index (χ4v) is 6.16. The first-order chi connectivity index (χ1) is 13.7. The van der Waals surface area contributed by atoms with Gasteiger partial charge in [0.15, 0.2) is 8.96 Å². The summed E-state index contributed by atoms with van der Waals surface area (Å²) in [6.07, 6.45) is -3.54. The SMILES string of the molecule is Cc1cc(C(=O)N[Si@H]2CC[C@H](c3nnc(OCCOC(F)(F)F)o3)NC2)sc1C. The monoisotopic (exact) mass is 450 g/mol. The lowest BCUT2D eigenvalue weighted by Crippen LogP contribution is -2.50. The van der Waals surface area contributed by atoms with Crippen molar-refractivity contribution in [3.05, 3.63) is 27.3 Å². The Morgan fingerprint density at radius 3 is 2.83 bits per heavy atom. The van der Waals surface area contributed by atoms with Crippen LogP contribution in [0.3, 0.4) is 0 Å². The molecule has 2 atom stereocenters. The Bertz CT molecular complexity index is 817. The summed E-state index contributed by atoms with van der Waals surface area (Å²) in [6.45, 7) is 2.95. The number of carbonyl (C=O) groups is 1. The summed E-state index contributed by atoms with van der Waals surface area (Å²) < 4.78 is 49.6. The number of hydrogen-bond donors (Lipinski definition) is 2. The number of halogens is 3. The molecule has 3 rings (SSSR count). The Morgan fingerprint density at radius 2 is 2.21 bits per heavy atom. The first-order valence-electron chi connectivity index (χ1n) is 8.99. The lowest BCUT2D eigenvalue weighted by Gasteiger charge is -2.27. The van der Waals surface area contributed by atoms with Crippen LogP contribution in [0.15, 0.2) is 10.5 Å². The topological polar surface area (TPSA) is 98.5 Å². The van der Waals surface area contributed by atoms with Gasteiger partial charge in [-0.25, -0.2) is 0 Å². The fraction of sp³-hybridized carbons (Fsp3) is 0.562. The molecule has 1 saturated heterocycles. The number of amides is 1. The number of aryl methyl sites for hydroxylation is 2. The Morgan fingerprint density at radius 1 is 1.41 bits per heavy atom. The minimum absolute atomic E-state index is 0.0299. The van der Waals surface area contributed by atoms with Gasteiger partial charge in [0.05, 0.1) is 17.5 Å². The number of hydrogen-bond acceptors (Lipinski definition) is 8. The van der Waals surface area contributed by atoms with Gasteiger partial charge in [-0.05, 0) is 37.9 Å². The summed E-state index contributed by atoms with van der Waals surface area (Å²) in [5.41, 5.74) is 1.11. The summed E-state index contributed by atoms with van der Waals surface area (Å²) >= 11 is 1.49. The van der Waals surface area contributed by atoms with Gasteiger partial charge in [0.1, 0.15) is 6.61 Å². The van der Waals surface area contributed by atoms with Crippen molar-refractivity contribution in [2.45, 2.75) is 38.7 Å². The molecule has 3 heterocycles. The van der Waals surface area contributed by atoms with Crippen LogP contribution in [-0.4, -0.2) is 50.8 Å². The molecule has 2 N–H and O–H groups in total. The van der Waals surface area contributed by atoms with Gasteiger partial charge in [-0.3, -0.25) is 9.53 Å². The molecule has 160 valence electrons. The average molecular weight is 451 g/mol. The van der Waals surface area contributed by atoms with Crippen molar-refractivity contribution in [1.29, 1.82) is 0 Å². The van der Waals surface area contributed by atoms with E-state index in [1.54, 1.807) is 0 Å². The molecule has 2 aromatic rings. The molecule has 1 amide bonds. The second-order valence-electron chi connectivity index (χ2n) is 6.61. The zero-order chi connectivity index (χ0) is 21.0. The molecular formula is C16H21F3N4O4SSi. The maximum atomic E-state index is 12.4. The number of thiophene rings is 1. The number of nitrogens with one attached hydrogen (secondary N) is 2. The van der Waals surface area contributed by atoms with E-state index in [-0.39, 0.29) is 24.6 Å². The van der Waals surface area contributed by atoms with Crippen molar-refractivity contribution in [2.24, 2.45) is 0 Å². The number of nitrogens with zero attached hydrogens (tertiary/aromatic N) is 2. The molecule has 0 saturated carbocycles. The highest BCUT2D eigenvalue weighted by Crippen LogP contribution is 2.25. The third-order valence-corrected chi connectivity index (χ3v) is 8.01. The Hall–Kier alpha value is -1.96. The van der Waals surface area contributed by atoms with Crippen molar-refractivity contribution in [3.8, 4) is 6.08 Å². The van der Waals surface area contributed by atoms with Crippen LogP contribution < -0.4 is 15.0 Å². The number of carbonyl (C=O) groups excluding carboxylic acids is 1. The number of ether oxygens (including phenoxy) is 2. The van der Waals surface area contributed by atoms with Crippen LogP contribution in [0.4, 0.5) is 13.2 Å². The molecule has 2 aromatic heterocycles. The molecule has 29 heavy (non-hydrogen) atoms. The van der Waals surface area contributed by atoms with Crippen LogP contribution in [0, 0.1) is 13.8 Å². The average Bonchev–Trinajstić information content (AvgIpc) is 3.26. The van der Waals surface area contributed by atoms with Crippen molar-refractivity contribution in [1.82, 2.24) is 20.5 Å². The van der Waals surface area contributed by atoms with Gasteiger partial charge < -0.3 is 19.5 Å². The van der Waals surface area contributed by atoms with Crippen LogP contribution in [0.1, 0.15) is 38.5 Å². The molecule has 1 aliphatic heterocycles. The highest BCUT2D eigenvalue weighted by atomic mass is 32.1. The third-order valence-electron chi connectivity index (χ3n) is 4.43. The maximum absolute atomic E-state index is 12.4. The van der Waals surface area contributed by atoms with Gasteiger partial charge in [-0.1, -0.05) is 5.10 Å². The van der Waals surface area contributed by atoms with Gasteiger partial charge in [-0.15, -0.1) is 29.6 Å². The second-order valence-corrected chi connectivity index (χ2v) is 10.5. The van der Waals surface area contributed by atoms with E-state index in [0.717, 1.165) is 21.4 Å². The van der Waals surface area contributed by atoms with Crippen LogP contribution in [0.2, 0.25) is 6.04 Å². The minimum atomic E-state index is -4.70. The Labute approximate surface area is 170 Å². The van der Waals surface area contributed by atoms with Crippen LogP contribution in [0.25, 0.3) is 0 Å². The first kappa shape index (κ1) is 21.7. The maximum Gasteiger partial charge on any atom is 0.522 e. The second kappa shape index (κ2) is 9.24. The third kappa shape index (κ3) is 6.26. The smallest absolute Gasteiger partial charge is 0.447 e. The van der Waals surface area contributed by atoms with Crippen LogP contribution >= 0.6 is 11.3 Å². The predicted octanol–water partition coefficient (Wildman–Crippen LogP) is 2.39. The molecular weight excluding hydrogens is 429 g/mol. The zero-order valence-corrected chi connectivity index (χ0v) is 17.8. The van der Waals surface area contributed by atoms with E-state index in [0.29, 0.717) is 18.5 Å². The molecule has 0 aliphatic carbocycles. The first-order valence-corrected chi connectivity index (χ1v) is 12.0. The lowest BCUT2D eigenvalue weighted by molar-refractivity contribution is -0.325. The van der Waals surface area contributed by atoms with Crippen LogP contribution in [0.5, 0.6) is 6.08 Å². The van der Waals surface area contributed by atoms with E-state index in [1.165, 1.54) is 11.3 Å². The summed E-state index contributed by atoms with van der Waals surface area (Å²) in [5.74, 6) is 0.276. The largest absolute Gasteiger partial charge is 0.522 e. The molecule has 0 aromatic carbocycles. The van der Waals surface area contributed by atoms with Gasteiger partial charge in [0.2, 0.25) is 5.89 Å². The van der Waals surface area contributed by atoms with E-state index in [2.05, 4.69) is 25.2 Å². The molecule has 8 nitrogen and oxygen atoms in total. The molecule has 1 fully saturated rings. The van der Waals surface area contributed by atoms with Crippen molar-refractivity contribution in [3.63, 3.8) is 0 Å². The number of aromatic nitrogens is 2.